The second-order valence-corrected chi connectivity index (χ2v) is 3.98. The lowest BCUT2D eigenvalue weighted by Gasteiger charge is -2.06. The van der Waals surface area contributed by atoms with Gasteiger partial charge in [-0.05, 0) is 30.3 Å². The molecule has 0 spiro atoms. The van der Waals surface area contributed by atoms with Crippen molar-refractivity contribution >= 4 is 23.2 Å². The Hall–Kier alpha value is -1.12. The Kier molecular flexibility index (Phi) is 3.13. The monoisotopic (exact) mass is 257 g/mol. The predicted octanol–water partition coefficient (Wildman–Crippen LogP) is 4.74. The predicted molar refractivity (Wildman–Crippen MR) is 60.7 cm³/mol. The van der Waals surface area contributed by atoms with Crippen LogP contribution in [-0.2, 0) is 0 Å². The molecular weight excluding hydrogens is 253 g/mol. The Morgan fingerprint density at radius 1 is 1.00 bits per heavy atom. The van der Waals surface area contributed by atoms with Gasteiger partial charge in [-0.2, -0.15) is 0 Å². The quantitative estimate of drug-likeness (QED) is 0.693. The van der Waals surface area contributed by atoms with Crippen LogP contribution in [0.25, 0.3) is 11.1 Å². The summed E-state index contributed by atoms with van der Waals surface area (Å²) in [6.07, 6.45) is 0. The van der Waals surface area contributed by atoms with E-state index in [1.165, 1.54) is 18.2 Å². The van der Waals surface area contributed by atoms with Crippen LogP contribution in [0.4, 0.5) is 8.78 Å². The number of hydrogen-bond acceptors (Lipinski definition) is 0. The first-order valence-electron chi connectivity index (χ1n) is 4.40. The van der Waals surface area contributed by atoms with Crippen molar-refractivity contribution in [2.24, 2.45) is 0 Å². The third-order valence-corrected chi connectivity index (χ3v) is 2.62. The van der Waals surface area contributed by atoms with Crippen LogP contribution < -0.4 is 0 Å². The molecule has 0 aromatic heterocycles. The highest BCUT2D eigenvalue weighted by atomic mass is 35.5. The van der Waals surface area contributed by atoms with Crippen molar-refractivity contribution in [1.82, 2.24) is 0 Å². The molecule has 2 rings (SSSR count). The highest BCUT2D eigenvalue weighted by molar-refractivity contribution is 6.33. The topological polar surface area (TPSA) is 0 Å². The lowest BCUT2D eigenvalue weighted by Crippen LogP contribution is -1.86. The lowest BCUT2D eigenvalue weighted by atomic mass is 10.1. The molecule has 0 heterocycles. The van der Waals surface area contributed by atoms with Gasteiger partial charge < -0.3 is 0 Å². The second-order valence-electron chi connectivity index (χ2n) is 3.17. The van der Waals surface area contributed by atoms with Gasteiger partial charge in [0.2, 0.25) is 0 Å². The van der Waals surface area contributed by atoms with E-state index < -0.39 is 11.6 Å². The zero-order valence-electron chi connectivity index (χ0n) is 7.90. The zero-order valence-corrected chi connectivity index (χ0v) is 9.41. The Morgan fingerprint density at radius 3 is 2.44 bits per heavy atom. The largest absolute Gasteiger partial charge is 0.207 e. The molecule has 0 amide bonds. The van der Waals surface area contributed by atoms with Crippen LogP contribution in [0.1, 0.15) is 0 Å². The molecule has 0 fully saturated rings. The Morgan fingerprint density at radius 2 is 1.75 bits per heavy atom. The SMILES string of the molecule is Fc1ccc(-c2cc(Cl)[c]cc2F)c(Cl)c1. The Bertz CT molecular complexity index is 539. The highest BCUT2D eigenvalue weighted by Gasteiger charge is 2.10. The van der Waals surface area contributed by atoms with Gasteiger partial charge in [-0.25, -0.2) is 8.78 Å². The third kappa shape index (κ3) is 2.18. The van der Waals surface area contributed by atoms with Gasteiger partial charge in [0.1, 0.15) is 11.6 Å². The minimum absolute atomic E-state index is 0.140. The van der Waals surface area contributed by atoms with Gasteiger partial charge in [0, 0.05) is 22.2 Å². The fourth-order valence-electron chi connectivity index (χ4n) is 1.36. The van der Waals surface area contributed by atoms with Gasteiger partial charge in [0.15, 0.2) is 0 Å². The van der Waals surface area contributed by atoms with Crippen LogP contribution in [0, 0.1) is 17.7 Å². The van der Waals surface area contributed by atoms with E-state index in [0.717, 1.165) is 12.1 Å². The van der Waals surface area contributed by atoms with Crippen molar-refractivity contribution in [2.75, 3.05) is 0 Å². The van der Waals surface area contributed by atoms with Gasteiger partial charge in [-0.3, -0.25) is 0 Å². The van der Waals surface area contributed by atoms with Crippen molar-refractivity contribution in [3.8, 4) is 11.1 Å². The molecule has 0 aliphatic rings. The van der Waals surface area contributed by atoms with Crippen LogP contribution >= 0.6 is 23.2 Å². The maximum Gasteiger partial charge on any atom is 0.131 e. The first kappa shape index (κ1) is 11.4. The normalized spacial score (nSPS) is 10.5. The van der Waals surface area contributed by atoms with Crippen LogP contribution in [-0.4, -0.2) is 0 Å². The first-order valence-corrected chi connectivity index (χ1v) is 5.15. The lowest BCUT2D eigenvalue weighted by molar-refractivity contribution is 0.625. The summed E-state index contributed by atoms with van der Waals surface area (Å²) in [5, 5.41) is 0.415. The number of rotatable bonds is 1. The van der Waals surface area contributed by atoms with E-state index in [2.05, 4.69) is 6.07 Å². The van der Waals surface area contributed by atoms with E-state index in [1.54, 1.807) is 0 Å². The van der Waals surface area contributed by atoms with Crippen LogP contribution in [0.3, 0.4) is 0 Å². The highest BCUT2D eigenvalue weighted by Crippen LogP contribution is 2.31. The molecular formula is C12H5Cl2F2. The molecule has 2 aromatic carbocycles. The van der Waals surface area contributed by atoms with E-state index >= 15 is 0 Å². The molecule has 0 saturated carbocycles. The van der Waals surface area contributed by atoms with Gasteiger partial charge in [0.25, 0.3) is 0 Å². The standard InChI is InChI=1S/C12H5Cl2F2/c13-7-1-4-12(16)10(5-7)9-3-2-8(15)6-11(9)14/h2-6H. The summed E-state index contributed by atoms with van der Waals surface area (Å²) in [6, 6.07) is 8.78. The van der Waals surface area contributed by atoms with Crippen LogP contribution in [0.5, 0.6) is 0 Å². The molecule has 0 saturated heterocycles. The Balaban J connectivity index is 2.62. The molecule has 1 radical (unpaired) electrons. The molecule has 81 valence electrons. The molecule has 0 bridgehead atoms. The van der Waals surface area contributed by atoms with E-state index in [0.29, 0.717) is 5.56 Å². The van der Waals surface area contributed by atoms with E-state index in [-0.39, 0.29) is 15.6 Å². The molecule has 0 aliphatic carbocycles. The minimum atomic E-state index is -0.502. The minimum Gasteiger partial charge on any atom is -0.207 e. The van der Waals surface area contributed by atoms with E-state index in [9.17, 15) is 8.78 Å². The summed E-state index contributed by atoms with van der Waals surface area (Å²) in [5.41, 5.74) is 0.630. The van der Waals surface area contributed by atoms with Crippen molar-refractivity contribution in [3.05, 3.63) is 58.1 Å². The molecule has 0 atom stereocenters. The molecule has 0 nitrogen and oxygen atoms in total. The van der Waals surface area contributed by atoms with E-state index in [1.807, 2.05) is 0 Å². The summed E-state index contributed by atoms with van der Waals surface area (Å²) in [6.45, 7) is 0. The zero-order chi connectivity index (χ0) is 11.7. The molecule has 0 N–H and O–H groups in total. The van der Waals surface area contributed by atoms with Crippen molar-refractivity contribution in [2.45, 2.75) is 0 Å². The summed E-state index contributed by atoms with van der Waals surface area (Å²) < 4.78 is 26.3. The summed E-state index contributed by atoms with van der Waals surface area (Å²) >= 11 is 11.5. The summed E-state index contributed by atoms with van der Waals surface area (Å²) in [5.74, 6) is -0.972. The molecule has 4 heteroatoms. The molecule has 0 unspecified atom stereocenters. The summed E-state index contributed by atoms with van der Waals surface area (Å²) in [4.78, 5) is 0. The fourth-order valence-corrected chi connectivity index (χ4v) is 1.79. The van der Waals surface area contributed by atoms with Crippen molar-refractivity contribution in [1.29, 1.82) is 0 Å². The average molecular weight is 258 g/mol. The van der Waals surface area contributed by atoms with E-state index in [4.69, 9.17) is 23.2 Å². The smallest absolute Gasteiger partial charge is 0.131 e. The maximum absolute atomic E-state index is 13.5. The third-order valence-electron chi connectivity index (χ3n) is 2.09. The van der Waals surface area contributed by atoms with Gasteiger partial charge in [-0.1, -0.05) is 23.2 Å². The van der Waals surface area contributed by atoms with Gasteiger partial charge in [0.05, 0.1) is 5.02 Å². The Labute approximate surface area is 101 Å². The number of halogens is 4. The number of hydrogen-bond donors (Lipinski definition) is 0. The van der Waals surface area contributed by atoms with Gasteiger partial charge >= 0.3 is 0 Å². The number of benzene rings is 2. The average Bonchev–Trinajstić information content (AvgIpc) is 2.22. The second kappa shape index (κ2) is 4.40. The first-order chi connectivity index (χ1) is 7.58. The van der Waals surface area contributed by atoms with Crippen molar-refractivity contribution < 1.29 is 8.78 Å². The molecule has 0 aliphatic heterocycles. The molecule has 16 heavy (non-hydrogen) atoms. The fraction of sp³-hybridized carbons (Fsp3) is 0. The molecule has 2 aromatic rings. The maximum atomic E-state index is 13.5. The van der Waals surface area contributed by atoms with Crippen molar-refractivity contribution in [3.63, 3.8) is 0 Å². The van der Waals surface area contributed by atoms with Crippen LogP contribution in [0.15, 0.2) is 30.3 Å². The van der Waals surface area contributed by atoms with Crippen LogP contribution in [0.2, 0.25) is 10.0 Å². The van der Waals surface area contributed by atoms with Gasteiger partial charge in [-0.15, -0.1) is 0 Å². The summed E-state index contributed by atoms with van der Waals surface area (Å²) in [7, 11) is 0.